The first kappa shape index (κ1) is 35.8. The zero-order valence-corrected chi connectivity index (χ0v) is 29.4. The van der Waals surface area contributed by atoms with E-state index in [1.807, 2.05) is 37.3 Å². The zero-order chi connectivity index (χ0) is 35.6. The maximum absolute atomic E-state index is 14.6. The number of rotatable bonds is 9. The highest BCUT2D eigenvalue weighted by atomic mass is 32.2. The van der Waals surface area contributed by atoms with Gasteiger partial charge in [-0.3, -0.25) is 9.69 Å². The molecule has 2 aliphatic rings. The third-order valence-electron chi connectivity index (χ3n) is 9.95. The monoisotopic (exact) mass is 708 g/mol. The Balaban J connectivity index is 1.52. The highest BCUT2D eigenvalue weighted by Crippen LogP contribution is 2.39. The molecule has 6 rings (SSSR count). The zero-order valence-electron chi connectivity index (χ0n) is 28.6. The van der Waals surface area contributed by atoms with Crippen molar-refractivity contribution in [1.82, 2.24) is 20.1 Å². The van der Waals surface area contributed by atoms with E-state index < -0.39 is 33.5 Å². The average Bonchev–Trinajstić information content (AvgIpc) is 3.11. The molecule has 12 heteroatoms. The summed E-state index contributed by atoms with van der Waals surface area (Å²) in [5.41, 5.74) is 1.30. The first-order valence-corrected chi connectivity index (χ1v) is 19.0. The predicted octanol–water partition coefficient (Wildman–Crippen LogP) is 7.27. The fraction of sp³-hybridized carbons (Fsp3) is 0.421. The average molecular weight is 709 g/mol. The number of sulfone groups is 1. The minimum atomic E-state index is -4.59. The molecule has 4 aromatic rings. The first-order chi connectivity index (χ1) is 23.8. The number of pyridine rings is 1. The van der Waals surface area contributed by atoms with Crippen LogP contribution in [0.2, 0.25) is 0 Å². The molecule has 2 saturated heterocycles. The molecule has 0 saturated carbocycles. The van der Waals surface area contributed by atoms with Gasteiger partial charge >= 0.3 is 6.18 Å². The number of piperidine rings is 2. The fourth-order valence-corrected chi connectivity index (χ4v) is 8.14. The van der Waals surface area contributed by atoms with Crippen molar-refractivity contribution in [3.8, 4) is 17.0 Å². The smallest absolute Gasteiger partial charge is 0.416 e. The molecule has 1 N–H and O–H groups in total. The summed E-state index contributed by atoms with van der Waals surface area (Å²) in [7, 11) is -2.48. The molecule has 0 aliphatic carbocycles. The summed E-state index contributed by atoms with van der Waals surface area (Å²) >= 11 is 0. The fourth-order valence-electron chi connectivity index (χ4n) is 7.30. The van der Waals surface area contributed by atoms with Crippen LogP contribution in [-0.4, -0.2) is 74.7 Å². The second-order valence-electron chi connectivity index (χ2n) is 13.4. The molecule has 0 spiro atoms. The van der Waals surface area contributed by atoms with Gasteiger partial charge in [0.05, 0.1) is 35.5 Å². The van der Waals surface area contributed by atoms with Gasteiger partial charge in [0.15, 0.2) is 9.84 Å². The summed E-state index contributed by atoms with van der Waals surface area (Å²) < 4.78 is 73.4. The van der Waals surface area contributed by atoms with Gasteiger partial charge in [0.1, 0.15) is 10.6 Å². The van der Waals surface area contributed by atoms with Crippen molar-refractivity contribution in [3.05, 3.63) is 89.0 Å². The number of alkyl halides is 3. The molecule has 3 heterocycles. The van der Waals surface area contributed by atoms with Gasteiger partial charge in [-0.2, -0.15) is 13.2 Å². The third kappa shape index (κ3) is 7.82. The lowest BCUT2D eigenvalue weighted by Gasteiger charge is -2.40. The normalized spacial score (nSPS) is 17.5. The van der Waals surface area contributed by atoms with Gasteiger partial charge in [0, 0.05) is 41.4 Å². The molecule has 1 atom stereocenters. The Bertz CT molecular complexity index is 1960. The SMILES string of the molecule is COc1cc2nc(-c3cccc(C(F)(F)F)c3)c(CN3CCC(N4CCCCC4)CC3)c(C(=O)NC(C)c3ccccc3)c2cc1S(C)(=O)=O. The van der Waals surface area contributed by atoms with Crippen molar-refractivity contribution in [1.29, 1.82) is 0 Å². The Morgan fingerprint density at radius 1 is 0.980 bits per heavy atom. The van der Waals surface area contributed by atoms with Crippen LogP contribution in [0, 0.1) is 0 Å². The number of carbonyl (C=O) groups is 1. The number of benzene rings is 3. The van der Waals surface area contributed by atoms with Crippen LogP contribution in [0.15, 0.2) is 71.6 Å². The molecule has 3 aromatic carbocycles. The van der Waals surface area contributed by atoms with Crippen LogP contribution in [0.5, 0.6) is 5.75 Å². The van der Waals surface area contributed by atoms with Crippen LogP contribution in [0.3, 0.4) is 0 Å². The number of ether oxygens (including phenoxy) is 1. The van der Waals surface area contributed by atoms with Crippen LogP contribution in [0.1, 0.15) is 72.1 Å². The minimum absolute atomic E-state index is 0.0269. The summed E-state index contributed by atoms with van der Waals surface area (Å²) in [5.74, 6) is -0.455. The second kappa shape index (κ2) is 14.7. The molecule has 2 fully saturated rings. The van der Waals surface area contributed by atoms with Gasteiger partial charge in [0.25, 0.3) is 5.91 Å². The number of aromatic nitrogens is 1. The van der Waals surface area contributed by atoms with E-state index in [2.05, 4.69) is 15.1 Å². The van der Waals surface area contributed by atoms with E-state index >= 15 is 0 Å². The van der Waals surface area contributed by atoms with Crippen LogP contribution >= 0.6 is 0 Å². The van der Waals surface area contributed by atoms with Crippen molar-refractivity contribution < 1.29 is 31.1 Å². The topological polar surface area (TPSA) is 91.8 Å². The van der Waals surface area contributed by atoms with Crippen molar-refractivity contribution in [2.75, 3.05) is 39.5 Å². The quantitative estimate of drug-likeness (QED) is 0.196. The lowest BCUT2D eigenvalue weighted by molar-refractivity contribution is -0.137. The number of hydrogen-bond donors (Lipinski definition) is 1. The number of fused-ring (bicyclic) bond motifs is 1. The van der Waals surface area contributed by atoms with E-state index in [1.165, 1.54) is 44.6 Å². The summed E-state index contributed by atoms with van der Waals surface area (Å²) in [6, 6.07) is 17.2. The summed E-state index contributed by atoms with van der Waals surface area (Å²) in [5, 5.41) is 3.36. The lowest BCUT2D eigenvalue weighted by Crippen LogP contribution is -2.46. The number of nitrogens with one attached hydrogen (secondary N) is 1. The first-order valence-electron chi connectivity index (χ1n) is 17.1. The minimum Gasteiger partial charge on any atom is -0.495 e. The molecule has 1 amide bonds. The Hall–Kier alpha value is -4.00. The lowest BCUT2D eigenvalue weighted by atomic mass is 9.93. The van der Waals surface area contributed by atoms with Crippen LogP contribution in [-0.2, 0) is 22.6 Å². The van der Waals surface area contributed by atoms with E-state index in [1.54, 1.807) is 6.07 Å². The molecule has 1 aromatic heterocycles. The van der Waals surface area contributed by atoms with E-state index in [0.29, 0.717) is 11.6 Å². The van der Waals surface area contributed by atoms with E-state index in [4.69, 9.17) is 9.72 Å². The van der Waals surface area contributed by atoms with Crippen LogP contribution in [0.25, 0.3) is 22.2 Å². The molecule has 0 radical (unpaired) electrons. The Kier molecular flexibility index (Phi) is 10.5. The third-order valence-corrected chi connectivity index (χ3v) is 11.1. The van der Waals surface area contributed by atoms with Gasteiger partial charge in [-0.05, 0) is 82.5 Å². The molecule has 2 aliphatic heterocycles. The van der Waals surface area contributed by atoms with Gasteiger partial charge in [-0.15, -0.1) is 0 Å². The summed E-state index contributed by atoms with van der Waals surface area (Å²) in [4.78, 5) is 24.1. The number of nitrogens with zero attached hydrogens (tertiary/aromatic N) is 3. The molecular weight excluding hydrogens is 666 g/mol. The molecule has 8 nitrogen and oxygen atoms in total. The maximum atomic E-state index is 14.6. The standard InChI is InChI=1S/C38H43F3N4O4S/c1-25(26-11-6-4-7-12-26)42-37(46)35-30-22-34(50(3,47)48)33(49-2)23-32(30)43-36(27-13-10-14-28(21-27)38(39,40)41)31(35)24-44-19-15-29(16-20-44)45-17-8-5-9-18-45/h4,6-7,10-14,21-23,25,29H,5,8-9,15-20,24H2,1-3H3,(H,42,46). The van der Waals surface area contributed by atoms with Crippen LogP contribution in [0.4, 0.5) is 13.2 Å². The van der Waals surface area contributed by atoms with Crippen LogP contribution < -0.4 is 10.1 Å². The molecular formula is C38H43F3N4O4S. The van der Waals surface area contributed by atoms with Crippen molar-refractivity contribution in [2.24, 2.45) is 0 Å². The Labute approximate surface area is 291 Å². The van der Waals surface area contributed by atoms with Gasteiger partial charge < -0.3 is 15.0 Å². The van der Waals surface area contributed by atoms with Crippen molar-refractivity contribution in [3.63, 3.8) is 0 Å². The number of carbonyl (C=O) groups excluding carboxylic acids is 1. The predicted molar refractivity (Wildman–Crippen MR) is 188 cm³/mol. The van der Waals surface area contributed by atoms with E-state index in [-0.39, 0.29) is 44.9 Å². The molecule has 50 heavy (non-hydrogen) atoms. The van der Waals surface area contributed by atoms with Gasteiger partial charge in [-0.1, -0.05) is 48.9 Å². The molecule has 1 unspecified atom stereocenters. The van der Waals surface area contributed by atoms with Crippen molar-refractivity contribution >= 4 is 26.6 Å². The van der Waals surface area contributed by atoms with Crippen molar-refractivity contribution in [2.45, 2.75) is 68.7 Å². The highest BCUT2D eigenvalue weighted by Gasteiger charge is 2.33. The van der Waals surface area contributed by atoms with Gasteiger partial charge in [0.2, 0.25) is 0 Å². The number of halogens is 3. The number of hydrogen-bond acceptors (Lipinski definition) is 7. The van der Waals surface area contributed by atoms with E-state index in [0.717, 1.165) is 63.0 Å². The maximum Gasteiger partial charge on any atom is 0.416 e. The highest BCUT2D eigenvalue weighted by molar-refractivity contribution is 7.90. The Morgan fingerprint density at radius 3 is 2.32 bits per heavy atom. The Morgan fingerprint density at radius 2 is 1.68 bits per heavy atom. The van der Waals surface area contributed by atoms with Gasteiger partial charge in [-0.25, -0.2) is 13.4 Å². The summed E-state index contributed by atoms with van der Waals surface area (Å²) in [6.07, 6.45) is 1.98. The molecule has 266 valence electrons. The largest absolute Gasteiger partial charge is 0.495 e. The number of likely N-dealkylation sites (tertiary alicyclic amines) is 2. The number of methoxy groups -OCH3 is 1. The van der Waals surface area contributed by atoms with E-state index in [9.17, 15) is 26.4 Å². The molecule has 0 bridgehead atoms. The second-order valence-corrected chi connectivity index (χ2v) is 15.4. The summed E-state index contributed by atoms with van der Waals surface area (Å²) in [6.45, 7) is 5.74. The number of amides is 1.